The van der Waals surface area contributed by atoms with E-state index in [4.69, 9.17) is 4.74 Å². The third-order valence-corrected chi connectivity index (χ3v) is 2.71. The van der Waals surface area contributed by atoms with E-state index >= 15 is 0 Å². The fourth-order valence-corrected chi connectivity index (χ4v) is 1.99. The topological polar surface area (TPSA) is 96.5 Å². The van der Waals surface area contributed by atoms with E-state index in [1.807, 2.05) is 0 Å². The van der Waals surface area contributed by atoms with Crippen molar-refractivity contribution in [3.05, 3.63) is 18.2 Å². The molecule has 0 aliphatic heterocycles. The molecular formula is C11H18ClN3O4S. The second-order valence-electron chi connectivity index (χ2n) is 3.87. The van der Waals surface area contributed by atoms with Crippen molar-refractivity contribution in [2.24, 2.45) is 0 Å². The summed E-state index contributed by atoms with van der Waals surface area (Å²) in [4.78, 5) is 11.4. The van der Waals surface area contributed by atoms with Crippen molar-refractivity contribution in [1.29, 1.82) is 0 Å². The SMILES string of the molecule is CNCC(=O)Nc1ccc(OC)c(NS(C)(=O)=O)c1.Cl. The van der Waals surface area contributed by atoms with E-state index < -0.39 is 10.0 Å². The van der Waals surface area contributed by atoms with Crippen LogP contribution in [0.5, 0.6) is 5.75 Å². The first-order chi connectivity index (χ1) is 8.85. The number of amides is 1. The zero-order chi connectivity index (χ0) is 14.5. The Morgan fingerprint density at radius 2 is 2.00 bits per heavy atom. The Morgan fingerprint density at radius 3 is 2.50 bits per heavy atom. The van der Waals surface area contributed by atoms with Crippen LogP contribution in [0.4, 0.5) is 11.4 Å². The monoisotopic (exact) mass is 323 g/mol. The van der Waals surface area contributed by atoms with E-state index in [9.17, 15) is 13.2 Å². The number of hydrogen-bond acceptors (Lipinski definition) is 5. The van der Waals surface area contributed by atoms with Crippen LogP contribution in [0, 0.1) is 0 Å². The van der Waals surface area contributed by atoms with Crippen molar-refractivity contribution in [3.63, 3.8) is 0 Å². The largest absolute Gasteiger partial charge is 0.495 e. The molecule has 0 saturated carbocycles. The average Bonchev–Trinajstić information content (AvgIpc) is 2.27. The zero-order valence-corrected chi connectivity index (χ0v) is 13.0. The Hall–Kier alpha value is -1.51. The molecule has 114 valence electrons. The van der Waals surface area contributed by atoms with Gasteiger partial charge in [-0.15, -0.1) is 12.4 Å². The fourth-order valence-electron chi connectivity index (χ4n) is 1.43. The quantitative estimate of drug-likeness (QED) is 0.714. The third kappa shape index (κ3) is 6.09. The molecule has 0 bridgehead atoms. The fraction of sp³-hybridized carbons (Fsp3) is 0.364. The van der Waals surface area contributed by atoms with Crippen LogP contribution >= 0.6 is 12.4 Å². The lowest BCUT2D eigenvalue weighted by Crippen LogP contribution is -2.25. The molecule has 7 nitrogen and oxygen atoms in total. The Bertz CT molecular complexity index is 563. The first-order valence-corrected chi connectivity index (χ1v) is 7.35. The van der Waals surface area contributed by atoms with Gasteiger partial charge in [-0.25, -0.2) is 8.42 Å². The van der Waals surface area contributed by atoms with Crippen molar-refractivity contribution in [3.8, 4) is 5.75 Å². The average molecular weight is 324 g/mol. The minimum atomic E-state index is -3.42. The first kappa shape index (κ1) is 18.5. The van der Waals surface area contributed by atoms with Gasteiger partial charge in [-0.3, -0.25) is 9.52 Å². The standard InChI is InChI=1S/C11H17N3O4S.ClH/c1-12-7-11(15)13-8-4-5-10(18-2)9(6-8)14-19(3,16)17;/h4-6,12,14H,7H2,1-3H3,(H,13,15);1H. The number of sulfonamides is 1. The minimum Gasteiger partial charge on any atom is -0.495 e. The summed E-state index contributed by atoms with van der Waals surface area (Å²) in [5.41, 5.74) is 0.749. The van der Waals surface area contributed by atoms with Crippen LogP contribution in [-0.2, 0) is 14.8 Å². The van der Waals surface area contributed by atoms with Gasteiger partial charge in [0.05, 0.1) is 25.6 Å². The summed E-state index contributed by atoms with van der Waals surface area (Å²) in [6, 6.07) is 4.69. The van der Waals surface area contributed by atoms with Crippen LogP contribution in [0.3, 0.4) is 0 Å². The third-order valence-electron chi connectivity index (χ3n) is 2.12. The molecule has 0 atom stereocenters. The summed E-state index contributed by atoms with van der Waals surface area (Å²) in [5.74, 6) is 0.148. The molecule has 1 aromatic carbocycles. The predicted molar refractivity (Wildman–Crippen MR) is 81.3 cm³/mol. The number of methoxy groups -OCH3 is 1. The Kier molecular flexibility index (Phi) is 7.33. The molecule has 0 aliphatic carbocycles. The van der Waals surface area contributed by atoms with Crippen LogP contribution in [0.2, 0.25) is 0 Å². The molecule has 1 rings (SSSR count). The normalized spacial score (nSPS) is 10.3. The minimum absolute atomic E-state index is 0. The number of carbonyl (C=O) groups is 1. The number of anilines is 2. The van der Waals surface area contributed by atoms with E-state index in [1.54, 1.807) is 19.2 Å². The molecule has 1 amide bonds. The highest BCUT2D eigenvalue weighted by Crippen LogP contribution is 2.28. The van der Waals surface area contributed by atoms with Gasteiger partial charge < -0.3 is 15.4 Å². The van der Waals surface area contributed by atoms with Crippen LogP contribution < -0.4 is 20.1 Å². The molecule has 0 unspecified atom stereocenters. The number of benzene rings is 1. The van der Waals surface area contributed by atoms with Gasteiger partial charge in [0.1, 0.15) is 5.75 Å². The molecule has 0 fully saturated rings. The van der Waals surface area contributed by atoms with E-state index in [2.05, 4.69) is 15.4 Å². The van der Waals surface area contributed by atoms with Crippen LogP contribution in [0.1, 0.15) is 0 Å². The van der Waals surface area contributed by atoms with Gasteiger partial charge in [0.15, 0.2) is 0 Å². The maximum absolute atomic E-state index is 11.4. The summed E-state index contributed by atoms with van der Waals surface area (Å²) in [6.45, 7) is 0.168. The number of hydrogen-bond donors (Lipinski definition) is 3. The van der Waals surface area contributed by atoms with Crippen molar-refractivity contribution < 1.29 is 17.9 Å². The molecule has 3 N–H and O–H groups in total. The lowest BCUT2D eigenvalue weighted by atomic mass is 10.2. The van der Waals surface area contributed by atoms with Gasteiger partial charge in [-0.05, 0) is 25.2 Å². The number of ether oxygens (including phenoxy) is 1. The summed E-state index contributed by atoms with van der Waals surface area (Å²) >= 11 is 0. The Labute approximate surface area is 124 Å². The molecule has 0 heterocycles. The number of likely N-dealkylation sites (N-methyl/N-ethyl adjacent to an activating group) is 1. The van der Waals surface area contributed by atoms with Gasteiger partial charge in [0.2, 0.25) is 15.9 Å². The molecule has 0 spiro atoms. The van der Waals surface area contributed by atoms with Crippen molar-refractivity contribution in [2.75, 3.05) is 37.0 Å². The van der Waals surface area contributed by atoms with Crippen LogP contribution in [0.15, 0.2) is 18.2 Å². The molecule has 20 heavy (non-hydrogen) atoms. The number of rotatable bonds is 6. The van der Waals surface area contributed by atoms with E-state index in [1.165, 1.54) is 13.2 Å². The lowest BCUT2D eigenvalue weighted by molar-refractivity contribution is -0.115. The summed E-state index contributed by atoms with van der Waals surface area (Å²) < 4.78 is 29.9. The van der Waals surface area contributed by atoms with Crippen molar-refractivity contribution >= 4 is 39.7 Å². The van der Waals surface area contributed by atoms with Gasteiger partial charge in [-0.2, -0.15) is 0 Å². The second-order valence-corrected chi connectivity index (χ2v) is 5.62. The molecule has 0 radical (unpaired) electrons. The van der Waals surface area contributed by atoms with Crippen LogP contribution in [-0.4, -0.2) is 41.3 Å². The Morgan fingerprint density at radius 1 is 1.35 bits per heavy atom. The first-order valence-electron chi connectivity index (χ1n) is 5.46. The number of carbonyl (C=O) groups excluding carboxylic acids is 1. The maximum atomic E-state index is 11.4. The molecule has 0 saturated heterocycles. The second kappa shape index (κ2) is 7.93. The lowest BCUT2D eigenvalue weighted by Gasteiger charge is -2.12. The van der Waals surface area contributed by atoms with E-state index in [0.717, 1.165) is 6.26 Å². The van der Waals surface area contributed by atoms with Gasteiger partial charge >= 0.3 is 0 Å². The molecular weight excluding hydrogens is 306 g/mol. The van der Waals surface area contributed by atoms with Gasteiger partial charge in [-0.1, -0.05) is 0 Å². The van der Waals surface area contributed by atoms with Gasteiger partial charge in [0.25, 0.3) is 0 Å². The van der Waals surface area contributed by atoms with Crippen LogP contribution in [0.25, 0.3) is 0 Å². The van der Waals surface area contributed by atoms with E-state index in [0.29, 0.717) is 11.4 Å². The summed E-state index contributed by atoms with van der Waals surface area (Å²) in [6.07, 6.45) is 1.04. The summed E-state index contributed by atoms with van der Waals surface area (Å²) in [7, 11) is -0.331. The predicted octanol–water partition coefficient (Wildman–Crippen LogP) is 0.646. The summed E-state index contributed by atoms with van der Waals surface area (Å²) in [5, 5.41) is 5.34. The highest BCUT2D eigenvalue weighted by Gasteiger charge is 2.10. The number of halogens is 1. The number of nitrogens with one attached hydrogen (secondary N) is 3. The van der Waals surface area contributed by atoms with E-state index in [-0.39, 0.29) is 30.5 Å². The molecule has 1 aromatic rings. The molecule has 0 aliphatic rings. The van der Waals surface area contributed by atoms with Crippen molar-refractivity contribution in [2.45, 2.75) is 0 Å². The molecule has 9 heteroatoms. The smallest absolute Gasteiger partial charge is 0.238 e. The molecule has 0 aromatic heterocycles. The highest BCUT2D eigenvalue weighted by atomic mass is 35.5. The highest BCUT2D eigenvalue weighted by molar-refractivity contribution is 7.92. The Balaban J connectivity index is 0.00000361. The van der Waals surface area contributed by atoms with Gasteiger partial charge in [0, 0.05) is 5.69 Å². The zero-order valence-electron chi connectivity index (χ0n) is 11.4. The van der Waals surface area contributed by atoms with Crippen molar-refractivity contribution in [1.82, 2.24) is 5.32 Å². The maximum Gasteiger partial charge on any atom is 0.238 e.